The molecule has 8 heteroatoms. The average molecular weight is 367 g/mol. The van der Waals surface area contributed by atoms with Gasteiger partial charge < -0.3 is 9.80 Å². The van der Waals surface area contributed by atoms with Gasteiger partial charge in [0.05, 0.1) is 10.6 Å². The van der Waals surface area contributed by atoms with Crippen molar-refractivity contribution in [2.24, 2.45) is 0 Å². The highest BCUT2D eigenvalue weighted by Gasteiger charge is 2.26. The first-order valence-electron chi connectivity index (χ1n) is 8.30. The van der Waals surface area contributed by atoms with Gasteiger partial charge in [0, 0.05) is 44.1 Å². The third-order valence-electron chi connectivity index (χ3n) is 4.37. The Hall–Kier alpha value is -3.00. The number of hydrogen-bond acceptors (Lipinski definition) is 5. The van der Waals surface area contributed by atoms with Gasteiger partial charge in [0.15, 0.2) is 0 Å². The Morgan fingerprint density at radius 1 is 1.00 bits per heavy atom. The molecule has 1 fully saturated rings. The van der Waals surface area contributed by atoms with Crippen molar-refractivity contribution in [2.45, 2.75) is 0 Å². The molecule has 26 heavy (non-hydrogen) atoms. The van der Waals surface area contributed by atoms with Crippen LogP contribution in [0.3, 0.4) is 0 Å². The topological polar surface area (TPSA) is 82.2 Å². The van der Waals surface area contributed by atoms with E-state index in [1.54, 1.807) is 28.3 Å². The molecule has 1 aliphatic rings. The highest BCUT2D eigenvalue weighted by Crippen LogP contribution is 2.18. The number of H-pyrrole nitrogens is 1. The Morgan fingerprint density at radius 2 is 1.69 bits per heavy atom. The fraction of sp³-hybridized carbons (Fsp3) is 0.222. The minimum absolute atomic E-state index is 0.0358. The van der Waals surface area contributed by atoms with E-state index in [4.69, 9.17) is 0 Å². The SMILES string of the molecule is O=C(c1cc(-c2ccncc2)n[nH]1)N1CCN(C(=O)c2cccs2)CC1. The molecule has 0 aromatic carbocycles. The smallest absolute Gasteiger partial charge is 0.272 e. The normalized spacial score (nSPS) is 14.5. The molecule has 1 saturated heterocycles. The Balaban J connectivity index is 1.40. The van der Waals surface area contributed by atoms with E-state index in [1.807, 2.05) is 29.6 Å². The number of carbonyl (C=O) groups excluding carboxylic acids is 2. The number of piperazine rings is 1. The van der Waals surface area contributed by atoms with Crippen LogP contribution in [0.15, 0.2) is 48.1 Å². The van der Waals surface area contributed by atoms with Crippen LogP contribution in [0.25, 0.3) is 11.3 Å². The van der Waals surface area contributed by atoms with Gasteiger partial charge in [0.25, 0.3) is 11.8 Å². The van der Waals surface area contributed by atoms with Crippen LogP contribution in [0.1, 0.15) is 20.2 Å². The quantitative estimate of drug-likeness (QED) is 0.769. The van der Waals surface area contributed by atoms with Gasteiger partial charge >= 0.3 is 0 Å². The zero-order valence-corrected chi connectivity index (χ0v) is 14.8. The summed E-state index contributed by atoms with van der Waals surface area (Å²) in [7, 11) is 0. The lowest BCUT2D eigenvalue weighted by atomic mass is 10.2. The second kappa shape index (κ2) is 7.09. The van der Waals surface area contributed by atoms with Crippen LogP contribution in [0.5, 0.6) is 0 Å². The summed E-state index contributed by atoms with van der Waals surface area (Å²) in [5.41, 5.74) is 2.07. The van der Waals surface area contributed by atoms with Crippen molar-refractivity contribution in [2.75, 3.05) is 26.2 Å². The Kier molecular flexibility index (Phi) is 4.49. The van der Waals surface area contributed by atoms with Gasteiger partial charge in [-0.3, -0.25) is 19.7 Å². The van der Waals surface area contributed by atoms with E-state index in [0.29, 0.717) is 37.6 Å². The molecule has 2 amide bonds. The Labute approximate surface area is 154 Å². The van der Waals surface area contributed by atoms with Crippen molar-refractivity contribution in [1.82, 2.24) is 25.0 Å². The molecule has 0 atom stereocenters. The van der Waals surface area contributed by atoms with Crippen molar-refractivity contribution >= 4 is 23.2 Å². The minimum Gasteiger partial charge on any atom is -0.334 e. The average Bonchev–Trinajstić information content (AvgIpc) is 3.40. The number of nitrogens with one attached hydrogen (secondary N) is 1. The molecule has 7 nitrogen and oxygen atoms in total. The van der Waals surface area contributed by atoms with Crippen molar-refractivity contribution < 1.29 is 9.59 Å². The van der Waals surface area contributed by atoms with Crippen molar-refractivity contribution in [3.63, 3.8) is 0 Å². The number of nitrogens with zero attached hydrogens (tertiary/aromatic N) is 4. The van der Waals surface area contributed by atoms with Crippen LogP contribution in [-0.2, 0) is 0 Å². The lowest BCUT2D eigenvalue weighted by Gasteiger charge is -2.34. The summed E-state index contributed by atoms with van der Waals surface area (Å²) in [5.74, 6) is -0.0605. The lowest BCUT2D eigenvalue weighted by Crippen LogP contribution is -2.50. The number of thiophene rings is 1. The molecule has 0 unspecified atom stereocenters. The molecule has 3 aromatic heterocycles. The number of aromatic nitrogens is 3. The molecular formula is C18H17N5O2S. The molecule has 132 valence electrons. The van der Waals surface area contributed by atoms with Gasteiger partial charge in [-0.1, -0.05) is 6.07 Å². The van der Waals surface area contributed by atoms with Crippen LogP contribution < -0.4 is 0 Å². The molecule has 3 aromatic rings. The number of carbonyl (C=O) groups is 2. The molecular weight excluding hydrogens is 350 g/mol. The first-order valence-corrected chi connectivity index (χ1v) is 9.18. The highest BCUT2D eigenvalue weighted by atomic mass is 32.1. The fourth-order valence-electron chi connectivity index (χ4n) is 2.94. The van der Waals surface area contributed by atoms with Gasteiger partial charge in [-0.05, 0) is 29.6 Å². The van der Waals surface area contributed by atoms with Crippen LogP contribution >= 0.6 is 11.3 Å². The Morgan fingerprint density at radius 3 is 2.35 bits per heavy atom. The number of rotatable bonds is 3. The second-order valence-corrected chi connectivity index (χ2v) is 6.91. The maximum atomic E-state index is 12.7. The molecule has 1 N–H and O–H groups in total. The monoisotopic (exact) mass is 367 g/mol. The Bertz CT molecular complexity index is 899. The van der Waals surface area contributed by atoms with Gasteiger partial charge in [0.1, 0.15) is 5.69 Å². The van der Waals surface area contributed by atoms with E-state index in [0.717, 1.165) is 10.4 Å². The molecule has 0 spiro atoms. The maximum absolute atomic E-state index is 12.7. The van der Waals surface area contributed by atoms with Crippen LogP contribution in [0.4, 0.5) is 0 Å². The predicted molar refractivity (Wildman–Crippen MR) is 97.9 cm³/mol. The van der Waals surface area contributed by atoms with E-state index in [2.05, 4.69) is 15.2 Å². The minimum atomic E-state index is -0.0963. The van der Waals surface area contributed by atoms with E-state index >= 15 is 0 Å². The van der Waals surface area contributed by atoms with E-state index in [9.17, 15) is 9.59 Å². The zero-order chi connectivity index (χ0) is 17.9. The van der Waals surface area contributed by atoms with Gasteiger partial charge in [-0.2, -0.15) is 5.10 Å². The van der Waals surface area contributed by atoms with Crippen molar-refractivity contribution in [3.8, 4) is 11.3 Å². The highest BCUT2D eigenvalue weighted by molar-refractivity contribution is 7.12. The summed E-state index contributed by atoms with van der Waals surface area (Å²) in [4.78, 5) is 33.3. The first kappa shape index (κ1) is 16.5. The maximum Gasteiger partial charge on any atom is 0.272 e. The summed E-state index contributed by atoms with van der Waals surface area (Å²) >= 11 is 1.44. The van der Waals surface area contributed by atoms with Crippen molar-refractivity contribution in [3.05, 3.63) is 58.7 Å². The van der Waals surface area contributed by atoms with Crippen molar-refractivity contribution in [1.29, 1.82) is 0 Å². The molecule has 0 saturated carbocycles. The summed E-state index contributed by atoms with van der Waals surface area (Å²) in [6.45, 7) is 2.10. The third kappa shape index (κ3) is 3.23. The molecule has 4 rings (SSSR count). The summed E-state index contributed by atoms with van der Waals surface area (Å²) in [6.07, 6.45) is 3.38. The molecule has 0 radical (unpaired) electrons. The molecule has 1 aliphatic heterocycles. The molecule has 4 heterocycles. The standard InChI is InChI=1S/C18H17N5O2S/c24-17(15-12-14(20-21-15)13-3-5-19-6-4-13)22-7-9-23(10-8-22)18(25)16-2-1-11-26-16/h1-6,11-12H,7-10H2,(H,20,21). The van der Waals surface area contributed by atoms with E-state index in [1.165, 1.54) is 11.3 Å². The number of hydrogen-bond donors (Lipinski definition) is 1. The van der Waals surface area contributed by atoms with Crippen LogP contribution in [0, 0.1) is 0 Å². The molecule has 0 aliphatic carbocycles. The number of amides is 2. The van der Waals surface area contributed by atoms with Crippen LogP contribution in [0.2, 0.25) is 0 Å². The largest absolute Gasteiger partial charge is 0.334 e. The van der Waals surface area contributed by atoms with Gasteiger partial charge in [0.2, 0.25) is 0 Å². The van der Waals surface area contributed by atoms with E-state index < -0.39 is 0 Å². The third-order valence-corrected chi connectivity index (χ3v) is 5.23. The zero-order valence-electron chi connectivity index (χ0n) is 14.0. The van der Waals surface area contributed by atoms with E-state index in [-0.39, 0.29) is 11.8 Å². The summed E-state index contributed by atoms with van der Waals surface area (Å²) < 4.78 is 0. The lowest BCUT2D eigenvalue weighted by molar-refractivity contribution is 0.0535. The number of aromatic amines is 1. The molecule has 0 bridgehead atoms. The van der Waals surface area contributed by atoms with Gasteiger partial charge in [-0.15, -0.1) is 11.3 Å². The second-order valence-electron chi connectivity index (χ2n) is 5.96. The van der Waals surface area contributed by atoms with Crippen LogP contribution in [-0.4, -0.2) is 63.0 Å². The summed E-state index contributed by atoms with van der Waals surface area (Å²) in [5, 5.41) is 8.93. The fourth-order valence-corrected chi connectivity index (χ4v) is 3.63. The van der Waals surface area contributed by atoms with Gasteiger partial charge in [-0.25, -0.2) is 0 Å². The predicted octanol–water partition coefficient (Wildman–Crippen LogP) is 2.13. The summed E-state index contributed by atoms with van der Waals surface area (Å²) in [6, 6.07) is 9.14. The first-order chi connectivity index (χ1) is 12.7. The number of pyridine rings is 1.